The van der Waals surface area contributed by atoms with Crippen molar-refractivity contribution in [2.45, 2.75) is 58.1 Å². The van der Waals surface area contributed by atoms with E-state index in [1.165, 1.54) is 6.20 Å². The van der Waals surface area contributed by atoms with Crippen molar-refractivity contribution in [3.05, 3.63) is 58.0 Å². The van der Waals surface area contributed by atoms with Gasteiger partial charge in [0.25, 0.3) is 11.5 Å². The van der Waals surface area contributed by atoms with Gasteiger partial charge >= 0.3 is 0 Å². The largest absolute Gasteiger partial charge is 0.460 e. The van der Waals surface area contributed by atoms with Crippen molar-refractivity contribution in [1.29, 1.82) is 0 Å². The van der Waals surface area contributed by atoms with E-state index in [9.17, 15) is 9.59 Å². The van der Waals surface area contributed by atoms with Crippen LogP contribution in [0.1, 0.15) is 61.0 Å². The number of aryl methyl sites for hydroxylation is 2. The van der Waals surface area contributed by atoms with E-state index in [0.29, 0.717) is 43.1 Å². The monoisotopic (exact) mass is 534 g/mol. The van der Waals surface area contributed by atoms with E-state index in [4.69, 9.17) is 9.15 Å². The van der Waals surface area contributed by atoms with Crippen LogP contribution in [0.3, 0.4) is 0 Å². The van der Waals surface area contributed by atoms with Crippen LogP contribution in [0.5, 0.6) is 0 Å². The summed E-state index contributed by atoms with van der Waals surface area (Å²) in [6.07, 6.45) is 7.07. The van der Waals surface area contributed by atoms with Gasteiger partial charge in [-0.3, -0.25) is 19.2 Å². The van der Waals surface area contributed by atoms with E-state index >= 15 is 0 Å². The van der Waals surface area contributed by atoms with Crippen LogP contribution < -0.4 is 5.56 Å². The molecule has 0 aliphatic carbocycles. The number of nitrogens with one attached hydrogen (secondary N) is 1. The first-order chi connectivity index (χ1) is 18.9. The zero-order valence-electron chi connectivity index (χ0n) is 23.1. The molecule has 1 amide bonds. The number of aromatic amines is 1. The van der Waals surface area contributed by atoms with Gasteiger partial charge in [-0.15, -0.1) is 0 Å². The molecule has 10 nitrogen and oxygen atoms in total. The third kappa shape index (κ3) is 6.07. The highest BCUT2D eigenvalue weighted by molar-refractivity contribution is 6.07. The third-order valence-corrected chi connectivity index (χ3v) is 7.48. The lowest BCUT2D eigenvalue weighted by Gasteiger charge is -2.32. The van der Waals surface area contributed by atoms with Crippen molar-refractivity contribution >= 4 is 27.9 Å². The second-order valence-electron chi connectivity index (χ2n) is 10.5. The minimum atomic E-state index is -0.164. The lowest BCUT2D eigenvalue weighted by atomic mass is 10.0. The Morgan fingerprint density at radius 1 is 1.21 bits per heavy atom. The number of piperidine rings is 1. The molecule has 0 saturated carbocycles. The predicted molar refractivity (Wildman–Crippen MR) is 150 cm³/mol. The number of rotatable bonds is 11. The number of fused-ring (bicyclic) bond motifs is 2. The molecule has 1 aromatic carbocycles. The van der Waals surface area contributed by atoms with Crippen molar-refractivity contribution in [3.8, 4) is 0 Å². The molecule has 0 radical (unpaired) electrons. The van der Waals surface area contributed by atoms with E-state index in [0.717, 1.165) is 67.4 Å². The first-order valence-corrected chi connectivity index (χ1v) is 13.9. The number of carbonyl (C=O) groups is 1. The number of amides is 1. The summed E-state index contributed by atoms with van der Waals surface area (Å²) in [6.45, 7) is 5.53. The maximum Gasteiger partial charge on any atom is 0.262 e. The Balaban J connectivity index is 1.08. The molecule has 0 unspecified atom stereocenters. The molecule has 0 bridgehead atoms. The Morgan fingerprint density at radius 2 is 2.00 bits per heavy atom. The Kier molecular flexibility index (Phi) is 8.42. The van der Waals surface area contributed by atoms with Crippen molar-refractivity contribution in [2.75, 3.05) is 33.3 Å². The zero-order chi connectivity index (χ0) is 27.4. The summed E-state index contributed by atoms with van der Waals surface area (Å²) in [4.78, 5) is 37.3. The van der Waals surface area contributed by atoms with Crippen LogP contribution >= 0.6 is 0 Å². The van der Waals surface area contributed by atoms with Crippen LogP contribution in [0.2, 0.25) is 0 Å². The van der Waals surface area contributed by atoms with Crippen molar-refractivity contribution in [2.24, 2.45) is 7.05 Å². The maximum absolute atomic E-state index is 13.5. The van der Waals surface area contributed by atoms with Gasteiger partial charge in [0.05, 0.1) is 24.4 Å². The third-order valence-electron chi connectivity index (χ3n) is 7.48. The highest BCUT2D eigenvalue weighted by atomic mass is 16.5. The summed E-state index contributed by atoms with van der Waals surface area (Å²) in [5.74, 6) is 1.51. The summed E-state index contributed by atoms with van der Waals surface area (Å²) in [6, 6.07) is 7.83. The van der Waals surface area contributed by atoms with Crippen LogP contribution in [-0.4, -0.2) is 74.8 Å². The molecule has 4 heterocycles. The number of furan rings is 1. The number of carbonyl (C=O) groups excluding carboxylic acids is 1. The number of hydrogen-bond acceptors (Lipinski definition) is 7. The fourth-order valence-electron chi connectivity index (χ4n) is 5.30. The van der Waals surface area contributed by atoms with E-state index in [-0.39, 0.29) is 17.6 Å². The molecule has 0 spiro atoms. The number of H-pyrrole nitrogens is 1. The van der Waals surface area contributed by atoms with Gasteiger partial charge in [-0.1, -0.05) is 31.5 Å². The van der Waals surface area contributed by atoms with Gasteiger partial charge in [-0.05, 0) is 38.8 Å². The summed E-state index contributed by atoms with van der Waals surface area (Å²) < 4.78 is 13.9. The van der Waals surface area contributed by atoms with E-state index in [1.54, 1.807) is 11.7 Å². The number of aromatic nitrogens is 4. The first-order valence-electron chi connectivity index (χ1n) is 13.9. The lowest BCUT2D eigenvalue weighted by Crippen LogP contribution is -2.41. The van der Waals surface area contributed by atoms with Crippen molar-refractivity contribution < 1.29 is 13.9 Å². The van der Waals surface area contributed by atoms with Crippen LogP contribution in [0.25, 0.3) is 22.0 Å². The fraction of sp³-hybridized carbons (Fsp3) is 0.517. The molecule has 3 aromatic heterocycles. The van der Waals surface area contributed by atoms with Crippen LogP contribution in [0, 0.1) is 0 Å². The Morgan fingerprint density at radius 3 is 2.79 bits per heavy atom. The van der Waals surface area contributed by atoms with Gasteiger partial charge in [0.2, 0.25) is 0 Å². The van der Waals surface area contributed by atoms with Crippen LogP contribution in [0.15, 0.2) is 39.7 Å². The average molecular weight is 535 g/mol. The number of benzene rings is 1. The average Bonchev–Trinajstić information content (AvgIpc) is 3.50. The molecule has 4 aromatic rings. The summed E-state index contributed by atoms with van der Waals surface area (Å²) in [5.41, 5.74) is 1.95. The molecule has 10 heteroatoms. The molecular weight excluding hydrogens is 496 g/mol. The summed E-state index contributed by atoms with van der Waals surface area (Å²) >= 11 is 0. The number of nitrogens with zero attached hydrogens (tertiary/aromatic N) is 5. The van der Waals surface area contributed by atoms with Gasteiger partial charge in [-0.25, -0.2) is 4.98 Å². The van der Waals surface area contributed by atoms with Crippen LogP contribution in [-0.2, 0) is 24.8 Å². The van der Waals surface area contributed by atoms with E-state index < -0.39 is 0 Å². The smallest absolute Gasteiger partial charge is 0.262 e. The highest BCUT2D eigenvalue weighted by Crippen LogP contribution is 2.29. The second-order valence-corrected chi connectivity index (χ2v) is 10.5. The number of para-hydroxylation sites is 1. The molecule has 0 atom stereocenters. The van der Waals surface area contributed by atoms with Crippen molar-refractivity contribution in [1.82, 2.24) is 29.5 Å². The predicted octanol–water partition coefficient (Wildman–Crippen LogP) is 3.89. The Labute approximate surface area is 227 Å². The standard InChI is InChI=1S/C29H38N6O4/c1-4-5-10-24-26(21-9-6-7-11-23(21)39-24)29(37)35-15-12-20(13-16-35)38-17-8-14-33(2)19-25-31-27-22(28(36)32-25)18-30-34(27)3/h6-7,9,11,18,20H,4-5,8,10,12-17,19H2,1-3H3,(H,31,32,36). The first kappa shape index (κ1) is 27.1. The molecule has 1 saturated heterocycles. The van der Waals surface area contributed by atoms with Gasteiger partial charge in [0, 0.05) is 45.1 Å². The van der Waals surface area contributed by atoms with E-state index in [1.807, 2.05) is 36.2 Å². The fourth-order valence-corrected chi connectivity index (χ4v) is 5.30. The SMILES string of the molecule is CCCCc1oc2ccccc2c1C(=O)N1CCC(OCCCN(C)Cc2nc3c(cnn3C)c(=O)[nH]2)CC1. The minimum absolute atomic E-state index is 0.0714. The topological polar surface area (TPSA) is 109 Å². The number of unbranched alkanes of at least 4 members (excludes halogenated alkanes) is 1. The second kappa shape index (κ2) is 12.1. The van der Waals surface area contributed by atoms with Crippen LogP contribution in [0.4, 0.5) is 0 Å². The minimum Gasteiger partial charge on any atom is -0.460 e. The Hall–Kier alpha value is -3.50. The Bertz CT molecular complexity index is 1480. The molecule has 5 rings (SSSR count). The quantitative estimate of drug-likeness (QED) is 0.291. The zero-order valence-corrected chi connectivity index (χ0v) is 23.1. The summed E-state index contributed by atoms with van der Waals surface area (Å²) in [5, 5.41) is 5.53. The molecule has 1 aliphatic rings. The normalized spacial score (nSPS) is 14.7. The number of likely N-dealkylation sites (tertiary alicyclic amines) is 1. The summed E-state index contributed by atoms with van der Waals surface area (Å²) in [7, 11) is 3.79. The molecule has 39 heavy (non-hydrogen) atoms. The highest BCUT2D eigenvalue weighted by Gasteiger charge is 2.28. The van der Waals surface area contributed by atoms with E-state index in [2.05, 4.69) is 26.9 Å². The number of ether oxygens (including phenoxy) is 1. The molecule has 1 aliphatic heterocycles. The lowest BCUT2D eigenvalue weighted by molar-refractivity contribution is 0.00571. The molecule has 1 fully saturated rings. The van der Waals surface area contributed by atoms with Gasteiger partial charge in [-0.2, -0.15) is 5.10 Å². The van der Waals surface area contributed by atoms with Gasteiger partial charge < -0.3 is 19.0 Å². The van der Waals surface area contributed by atoms with Gasteiger partial charge in [0.15, 0.2) is 5.65 Å². The van der Waals surface area contributed by atoms with Gasteiger partial charge in [0.1, 0.15) is 22.6 Å². The molecule has 1 N–H and O–H groups in total. The van der Waals surface area contributed by atoms with Crippen molar-refractivity contribution in [3.63, 3.8) is 0 Å². The maximum atomic E-state index is 13.5. The number of hydrogen-bond donors (Lipinski definition) is 1. The molecular formula is C29H38N6O4. The molecule has 208 valence electrons.